The van der Waals surface area contributed by atoms with Gasteiger partial charge in [0, 0.05) is 6.61 Å². The molecular formula is C21H32Cl2OSi2Zr-4. The molecule has 1 aliphatic rings. The Morgan fingerprint density at radius 2 is 1.74 bits per heavy atom. The summed E-state index contributed by atoms with van der Waals surface area (Å²) in [6.07, 6.45) is 9.49. The summed E-state index contributed by atoms with van der Waals surface area (Å²) in [6.45, 7) is 10.6. The molecule has 0 aromatic heterocycles. The molecule has 2 aromatic carbocycles. The van der Waals surface area contributed by atoms with Crippen LogP contribution in [0.3, 0.4) is 0 Å². The van der Waals surface area contributed by atoms with Crippen LogP contribution in [0.25, 0.3) is 10.8 Å². The molecule has 0 aliphatic heterocycles. The van der Waals surface area contributed by atoms with Crippen LogP contribution in [0.2, 0.25) is 19.6 Å². The van der Waals surface area contributed by atoms with Crippen molar-refractivity contribution in [2.24, 2.45) is 0 Å². The molecule has 0 N–H and O–H groups in total. The minimum absolute atomic E-state index is 0. The summed E-state index contributed by atoms with van der Waals surface area (Å²) >= 11 is 1.36. The minimum Gasteiger partial charge on any atom is -0.168 e. The van der Waals surface area contributed by atoms with Gasteiger partial charge in [0.2, 0.25) is 0 Å². The zero-order valence-corrected chi connectivity index (χ0v) is 23.1. The van der Waals surface area contributed by atoms with Crippen molar-refractivity contribution in [1.82, 2.24) is 0 Å². The van der Waals surface area contributed by atoms with Crippen molar-refractivity contribution in [2.45, 2.75) is 32.5 Å². The van der Waals surface area contributed by atoms with Gasteiger partial charge in [-0.25, -0.2) is 6.08 Å². The van der Waals surface area contributed by atoms with Crippen LogP contribution in [0.1, 0.15) is 12.8 Å². The van der Waals surface area contributed by atoms with Gasteiger partial charge in [0.15, 0.2) is 8.32 Å². The average Bonchev–Trinajstić information content (AvgIpc) is 3.20. The van der Waals surface area contributed by atoms with E-state index in [0.29, 0.717) is 0 Å². The molecular weight excluding hydrogens is 487 g/mol. The summed E-state index contributed by atoms with van der Waals surface area (Å²) in [7, 11) is -1.29. The molecule has 0 bridgehead atoms. The summed E-state index contributed by atoms with van der Waals surface area (Å²) in [5.74, 6) is 0. The summed E-state index contributed by atoms with van der Waals surface area (Å²) in [4.78, 5) is 0. The first-order chi connectivity index (χ1) is 11.0. The number of allylic oxidation sites excluding steroid dienone is 3. The molecule has 0 saturated heterocycles. The molecule has 0 spiro atoms. The van der Waals surface area contributed by atoms with Gasteiger partial charge >= 0.3 is 30.2 Å². The van der Waals surface area contributed by atoms with E-state index < -0.39 is 8.32 Å². The maximum Gasteiger partial charge on any atom is -0.0809 e. The number of benzene rings is 1. The molecule has 2 radical (unpaired) electrons. The Labute approximate surface area is 197 Å². The smallest absolute Gasteiger partial charge is 0.0809 e. The second-order valence-electron chi connectivity index (χ2n) is 6.20. The standard InChI is InChI=1S/C10H17OSi.C9H7.2CH3.2ClH.Si.Zr/c1-12(2,3)11-9-8-10-6-4-5-7-10;1-2-5-9-7-3-6-8(9)4-1;;;;;;/h6-7H,4,8-9H2,1-3H3;1-7H;2*1H3;2*1H;;/q4*-1;;;;. The Morgan fingerprint density at radius 3 is 2.26 bits per heavy atom. The first kappa shape index (κ1) is 34.7. The van der Waals surface area contributed by atoms with Crippen LogP contribution in [0.4, 0.5) is 0 Å². The van der Waals surface area contributed by atoms with Crippen molar-refractivity contribution < 1.29 is 27.8 Å². The average molecular weight is 519 g/mol. The Hall–Kier alpha value is 0.167. The largest absolute Gasteiger partial charge is 0.168 e. The molecule has 27 heavy (non-hydrogen) atoms. The number of rotatable bonds is 4. The summed E-state index contributed by atoms with van der Waals surface area (Å²) in [5.41, 5.74) is 1.38. The zero-order chi connectivity index (χ0) is 17.1. The third-order valence-electron chi connectivity index (χ3n) is 3.24. The molecule has 0 saturated carbocycles. The van der Waals surface area contributed by atoms with Crippen molar-refractivity contribution in [3.05, 3.63) is 81.1 Å². The normalized spacial score (nSPS) is 11.0. The Kier molecular flexibility index (Phi) is 25.0. The molecule has 2 aromatic rings. The number of hydrogen-bond donors (Lipinski definition) is 0. The van der Waals surface area contributed by atoms with Crippen LogP contribution in [-0.4, -0.2) is 21.8 Å². The van der Waals surface area contributed by atoms with Crippen LogP contribution in [0.15, 0.2) is 60.2 Å². The van der Waals surface area contributed by atoms with Crippen molar-refractivity contribution in [2.75, 3.05) is 6.61 Å². The van der Waals surface area contributed by atoms with Crippen LogP contribution in [-0.2, 0) is 27.8 Å². The molecule has 0 unspecified atom stereocenters. The molecule has 0 atom stereocenters. The zero-order valence-electron chi connectivity index (χ0n) is 17.0. The fourth-order valence-corrected chi connectivity index (χ4v) is 2.87. The van der Waals surface area contributed by atoms with E-state index in [1.54, 1.807) is 0 Å². The summed E-state index contributed by atoms with van der Waals surface area (Å²) in [6, 6.07) is 14.7. The van der Waals surface area contributed by atoms with Crippen LogP contribution in [0, 0.1) is 20.9 Å². The van der Waals surface area contributed by atoms with Gasteiger partial charge in [-0.2, -0.15) is 29.2 Å². The van der Waals surface area contributed by atoms with Crippen molar-refractivity contribution in [3.8, 4) is 0 Å². The van der Waals surface area contributed by atoms with E-state index in [1.165, 1.54) is 39.7 Å². The summed E-state index contributed by atoms with van der Waals surface area (Å²) < 4.78 is 5.74. The fraction of sp³-hybridized carbons (Fsp3) is 0.286. The number of halogens is 2. The number of fused-ring (bicyclic) bond motifs is 1. The first-order valence-corrected chi connectivity index (χ1v) is 15.4. The molecule has 6 heteroatoms. The van der Waals surface area contributed by atoms with Gasteiger partial charge < -0.3 is 19.3 Å². The van der Waals surface area contributed by atoms with E-state index >= 15 is 0 Å². The SMILES string of the molecule is C[Si](C)(C)OCCC1=CC[C-]=C1.Cl.Cl.[CH3-].[CH3-].[Si]=[Zr].c1ccc2[cH-]ccc2c1. The van der Waals surface area contributed by atoms with E-state index in [0.717, 1.165) is 19.4 Å². The van der Waals surface area contributed by atoms with Gasteiger partial charge in [0.25, 0.3) is 0 Å². The molecule has 3 rings (SSSR count). The third-order valence-corrected chi connectivity index (χ3v) is 4.31. The van der Waals surface area contributed by atoms with Crippen molar-refractivity contribution in [3.63, 3.8) is 0 Å². The first-order valence-electron chi connectivity index (χ1n) is 7.80. The van der Waals surface area contributed by atoms with Gasteiger partial charge in [-0.15, -0.1) is 60.9 Å². The molecule has 1 nitrogen and oxygen atoms in total. The van der Waals surface area contributed by atoms with E-state index in [2.05, 4.69) is 87.2 Å². The topological polar surface area (TPSA) is 9.23 Å². The van der Waals surface area contributed by atoms with E-state index in [1.807, 2.05) is 0 Å². The van der Waals surface area contributed by atoms with Crippen LogP contribution in [0.5, 0.6) is 0 Å². The molecule has 152 valence electrons. The third kappa shape index (κ3) is 15.7. The second kappa shape index (κ2) is 19.5. The van der Waals surface area contributed by atoms with Crippen molar-refractivity contribution in [1.29, 1.82) is 0 Å². The Balaban J connectivity index is -0.000000160. The molecule has 0 heterocycles. The quantitative estimate of drug-likeness (QED) is 0.318. The Morgan fingerprint density at radius 1 is 1.11 bits per heavy atom. The molecule has 0 fully saturated rings. The van der Waals surface area contributed by atoms with Gasteiger partial charge in [0.1, 0.15) is 0 Å². The van der Waals surface area contributed by atoms with Gasteiger partial charge in [-0.1, -0.05) is 12.5 Å². The molecule has 0 amide bonds. The fourth-order valence-electron chi connectivity index (χ4n) is 2.16. The van der Waals surface area contributed by atoms with Gasteiger partial charge in [-0.05, 0) is 19.6 Å². The van der Waals surface area contributed by atoms with E-state index in [9.17, 15) is 0 Å². The monoisotopic (exact) mass is 516 g/mol. The minimum atomic E-state index is -1.29. The van der Waals surface area contributed by atoms with Crippen LogP contribution < -0.4 is 0 Å². The summed E-state index contributed by atoms with van der Waals surface area (Å²) in [5, 5.41) is 2.66. The predicted molar refractivity (Wildman–Crippen MR) is 127 cm³/mol. The van der Waals surface area contributed by atoms with E-state index in [4.69, 9.17) is 4.43 Å². The maximum atomic E-state index is 5.74. The number of hydrogen-bond acceptors (Lipinski definition) is 1. The molecule has 1 aliphatic carbocycles. The van der Waals surface area contributed by atoms with Gasteiger partial charge in [-0.3, -0.25) is 6.08 Å². The maximum absolute atomic E-state index is 5.74. The Bertz CT molecular complexity index is 619. The van der Waals surface area contributed by atoms with Gasteiger partial charge in [0.05, 0.1) is 0 Å². The second-order valence-corrected chi connectivity index (χ2v) is 10.7. The predicted octanol–water partition coefficient (Wildman–Crippen LogP) is 6.84. The van der Waals surface area contributed by atoms with Crippen LogP contribution >= 0.6 is 24.8 Å². The van der Waals surface area contributed by atoms with Crippen molar-refractivity contribution >= 4 is 50.8 Å². The van der Waals surface area contributed by atoms with E-state index in [-0.39, 0.29) is 39.7 Å².